The molecule has 2 aromatic rings. The molecule has 1 aliphatic rings. The molecule has 0 bridgehead atoms. The largest absolute Gasteiger partial charge is 0.496 e. The second kappa shape index (κ2) is 6.16. The van der Waals surface area contributed by atoms with Crippen molar-refractivity contribution in [1.82, 2.24) is 4.90 Å². The minimum absolute atomic E-state index is 0.0456. The Kier molecular flexibility index (Phi) is 4.06. The van der Waals surface area contributed by atoms with E-state index in [0.717, 1.165) is 24.2 Å². The third kappa shape index (κ3) is 3.21. The molecule has 0 aliphatic heterocycles. The van der Waals surface area contributed by atoms with Crippen LogP contribution in [-0.2, 0) is 6.54 Å². The highest BCUT2D eigenvalue weighted by atomic mass is 16.5. The summed E-state index contributed by atoms with van der Waals surface area (Å²) in [6.45, 7) is 0.399. The number of carbonyl (C=O) groups excluding carboxylic acids is 1. The van der Waals surface area contributed by atoms with Crippen LogP contribution in [0.4, 0.5) is 0 Å². The molecule has 0 spiro atoms. The quantitative estimate of drug-likeness (QED) is 0.886. The van der Waals surface area contributed by atoms with Crippen molar-refractivity contribution >= 4 is 11.9 Å². The van der Waals surface area contributed by atoms with Crippen LogP contribution in [0.15, 0.2) is 40.8 Å². The molecule has 0 saturated heterocycles. The molecule has 1 aliphatic carbocycles. The fourth-order valence-electron chi connectivity index (χ4n) is 2.48. The lowest BCUT2D eigenvalue weighted by atomic mass is 10.1. The van der Waals surface area contributed by atoms with Crippen LogP contribution in [0.5, 0.6) is 5.75 Å². The number of hydrogen-bond acceptors (Lipinski definition) is 4. The van der Waals surface area contributed by atoms with Gasteiger partial charge in [-0.1, -0.05) is 18.2 Å². The Balaban J connectivity index is 1.83. The van der Waals surface area contributed by atoms with Crippen LogP contribution in [0.2, 0.25) is 0 Å². The molecule has 1 amide bonds. The van der Waals surface area contributed by atoms with E-state index in [4.69, 9.17) is 14.3 Å². The van der Waals surface area contributed by atoms with E-state index in [1.165, 1.54) is 12.1 Å². The van der Waals surface area contributed by atoms with Gasteiger partial charge in [-0.05, 0) is 31.0 Å². The highest BCUT2D eigenvalue weighted by Gasteiger charge is 2.35. The lowest BCUT2D eigenvalue weighted by Gasteiger charge is -2.22. The molecule has 1 heterocycles. The number of hydrogen-bond donors (Lipinski definition) is 1. The van der Waals surface area contributed by atoms with Crippen molar-refractivity contribution in [1.29, 1.82) is 0 Å². The summed E-state index contributed by atoms with van der Waals surface area (Å²) in [6, 6.07) is 10.4. The van der Waals surface area contributed by atoms with Gasteiger partial charge in [0.2, 0.25) is 5.76 Å². The normalized spacial score (nSPS) is 13.6. The molecule has 6 heteroatoms. The summed E-state index contributed by atoms with van der Waals surface area (Å²) in [5.41, 5.74) is 0.903. The zero-order valence-electron chi connectivity index (χ0n) is 12.7. The molecule has 0 atom stereocenters. The maximum Gasteiger partial charge on any atom is 0.371 e. The maximum absolute atomic E-state index is 12.7. The number of carboxylic acid groups (broad SMARTS) is 1. The van der Waals surface area contributed by atoms with Gasteiger partial charge in [-0.3, -0.25) is 4.79 Å². The van der Waals surface area contributed by atoms with E-state index in [2.05, 4.69) is 0 Å². The van der Waals surface area contributed by atoms with Crippen LogP contribution in [-0.4, -0.2) is 35.0 Å². The maximum atomic E-state index is 12.7. The standard InChI is InChI=1S/C17H17NO5/c1-22-13-5-3-2-4-11(13)10-18(12-6-7-12)16(19)14-8-9-15(23-14)17(20)21/h2-5,8-9,12H,6-7,10H2,1H3,(H,20,21). The number of benzene rings is 1. The molecule has 23 heavy (non-hydrogen) atoms. The van der Waals surface area contributed by atoms with Gasteiger partial charge < -0.3 is 19.2 Å². The summed E-state index contributed by atoms with van der Waals surface area (Å²) >= 11 is 0. The van der Waals surface area contributed by atoms with Gasteiger partial charge in [0.15, 0.2) is 5.76 Å². The van der Waals surface area contributed by atoms with Gasteiger partial charge in [-0.2, -0.15) is 0 Å². The fraction of sp³-hybridized carbons (Fsp3) is 0.294. The molecular weight excluding hydrogens is 298 g/mol. The predicted octanol–water partition coefficient (Wildman–Crippen LogP) is 2.79. The highest BCUT2D eigenvalue weighted by molar-refractivity contribution is 5.93. The number of carboxylic acids is 1. The average Bonchev–Trinajstić information content (AvgIpc) is 3.27. The number of furan rings is 1. The molecule has 6 nitrogen and oxygen atoms in total. The van der Waals surface area contributed by atoms with Gasteiger partial charge in [0.25, 0.3) is 5.91 Å². The first-order valence-electron chi connectivity index (χ1n) is 7.36. The van der Waals surface area contributed by atoms with E-state index in [1.807, 2.05) is 24.3 Å². The summed E-state index contributed by atoms with van der Waals surface area (Å²) in [5.74, 6) is -0.958. The molecule has 1 saturated carbocycles. The number of rotatable bonds is 6. The monoisotopic (exact) mass is 315 g/mol. The third-order valence-corrected chi connectivity index (χ3v) is 3.81. The molecule has 1 N–H and O–H groups in total. The highest BCUT2D eigenvalue weighted by Crippen LogP contribution is 2.32. The summed E-state index contributed by atoms with van der Waals surface area (Å²) < 4.78 is 10.5. The topological polar surface area (TPSA) is 80.0 Å². The van der Waals surface area contributed by atoms with Crippen molar-refractivity contribution in [2.75, 3.05) is 7.11 Å². The van der Waals surface area contributed by atoms with Crippen molar-refractivity contribution in [3.05, 3.63) is 53.5 Å². The molecule has 3 rings (SSSR count). The molecular formula is C17H17NO5. The van der Waals surface area contributed by atoms with Crippen LogP contribution >= 0.6 is 0 Å². The Morgan fingerprint density at radius 3 is 2.52 bits per heavy atom. The van der Waals surface area contributed by atoms with Crippen molar-refractivity contribution < 1.29 is 23.8 Å². The number of nitrogens with zero attached hydrogens (tertiary/aromatic N) is 1. The van der Waals surface area contributed by atoms with Gasteiger partial charge in [-0.25, -0.2) is 4.79 Å². The zero-order valence-corrected chi connectivity index (χ0v) is 12.7. The Morgan fingerprint density at radius 2 is 1.91 bits per heavy atom. The number of amides is 1. The smallest absolute Gasteiger partial charge is 0.371 e. The van der Waals surface area contributed by atoms with Crippen LogP contribution in [0, 0.1) is 0 Å². The lowest BCUT2D eigenvalue weighted by Crippen LogP contribution is -2.32. The number of methoxy groups -OCH3 is 1. The van der Waals surface area contributed by atoms with Crippen molar-refractivity contribution in [3.63, 3.8) is 0 Å². The Bertz CT molecular complexity index is 732. The molecule has 0 unspecified atom stereocenters. The SMILES string of the molecule is COc1ccccc1CN(C(=O)c1ccc(C(=O)O)o1)C1CC1. The summed E-state index contributed by atoms with van der Waals surface area (Å²) in [5, 5.41) is 8.91. The van der Waals surface area contributed by atoms with Crippen LogP contribution in [0.3, 0.4) is 0 Å². The number of aromatic carboxylic acids is 1. The fourth-order valence-corrected chi connectivity index (χ4v) is 2.48. The first-order valence-corrected chi connectivity index (χ1v) is 7.36. The Labute approximate surface area is 133 Å². The van der Waals surface area contributed by atoms with Crippen molar-refractivity contribution in [3.8, 4) is 5.75 Å². The molecule has 0 radical (unpaired) electrons. The van der Waals surface area contributed by atoms with Gasteiger partial charge in [0, 0.05) is 11.6 Å². The van der Waals surface area contributed by atoms with Gasteiger partial charge in [0.05, 0.1) is 13.7 Å². The molecule has 1 fully saturated rings. The minimum atomic E-state index is -1.19. The molecule has 120 valence electrons. The number of ether oxygens (including phenoxy) is 1. The van der Waals surface area contributed by atoms with E-state index in [-0.39, 0.29) is 23.5 Å². The van der Waals surface area contributed by atoms with E-state index < -0.39 is 5.97 Å². The van der Waals surface area contributed by atoms with Crippen molar-refractivity contribution in [2.24, 2.45) is 0 Å². The second-order valence-electron chi connectivity index (χ2n) is 5.45. The molecule has 1 aromatic heterocycles. The van der Waals surface area contributed by atoms with Crippen LogP contribution in [0.25, 0.3) is 0 Å². The Morgan fingerprint density at radius 1 is 1.22 bits per heavy atom. The minimum Gasteiger partial charge on any atom is -0.496 e. The van der Waals surface area contributed by atoms with Crippen LogP contribution in [0.1, 0.15) is 39.5 Å². The lowest BCUT2D eigenvalue weighted by molar-refractivity contribution is 0.0644. The summed E-state index contributed by atoms with van der Waals surface area (Å²) in [7, 11) is 1.59. The van der Waals surface area contributed by atoms with Gasteiger partial charge >= 0.3 is 5.97 Å². The Hall–Kier alpha value is -2.76. The average molecular weight is 315 g/mol. The first-order chi connectivity index (χ1) is 11.1. The second-order valence-corrected chi connectivity index (χ2v) is 5.45. The summed E-state index contributed by atoms with van der Waals surface area (Å²) in [4.78, 5) is 25.3. The predicted molar refractivity (Wildman–Crippen MR) is 81.6 cm³/mol. The van der Waals surface area contributed by atoms with E-state index >= 15 is 0 Å². The van der Waals surface area contributed by atoms with E-state index in [9.17, 15) is 9.59 Å². The third-order valence-electron chi connectivity index (χ3n) is 3.81. The van der Waals surface area contributed by atoms with Crippen molar-refractivity contribution in [2.45, 2.75) is 25.4 Å². The zero-order chi connectivity index (χ0) is 16.4. The number of carbonyl (C=O) groups is 2. The molecule has 1 aromatic carbocycles. The van der Waals surface area contributed by atoms with Gasteiger partial charge in [-0.15, -0.1) is 0 Å². The number of para-hydroxylation sites is 1. The summed E-state index contributed by atoms with van der Waals surface area (Å²) in [6.07, 6.45) is 1.88. The van der Waals surface area contributed by atoms with Gasteiger partial charge in [0.1, 0.15) is 5.75 Å². The van der Waals surface area contributed by atoms with E-state index in [0.29, 0.717) is 6.54 Å². The first kappa shape index (κ1) is 15.1. The van der Waals surface area contributed by atoms with Crippen LogP contribution < -0.4 is 4.74 Å². The van der Waals surface area contributed by atoms with E-state index in [1.54, 1.807) is 12.0 Å².